The van der Waals surface area contributed by atoms with E-state index in [9.17, 15) is 13.2 Å². The molecular weight excluding hydrogens is 424 g/mol. The molecule has 3 rings (SSSR count). The van der Waals surface area contributed by atoms with E-state index in [2.05, 4.69) is 23.2 Å². The Labute approximate surface area is 188 Å². The van der Waals surface area contributed by atoms with Crippen LogP contribution in [0.1, 0.15) is 15.9 Å². The summed E-state index contributed by atoms with van der Waals surface area (Å²) < 4.78 is 32.9. The molecule has 0 fully saturated rings. The van der Waals surface area contributed by atoms with E-state index in [4.69, 9.17) is 4.74 Å². The number of sulfonamides is 1. The molecule has 0 radical (unpaired) electrons. The molecule has 0 aliphatic heterocycles. The molecule has 7 heteroatoms. The lowest BCUT2D eigenvalue weighted by molar-refractivity contribution is 0.102. The number of nitrogens with one attached hydrogen (secondary N) is 2. The summed E-state index contributed by atoms with van der Waals surface area (Å²) in [6, 6.07) is 19.4. The number of para-hydroxylation sites is 1. The molecule has 0 unspecified atom stereocenters. The Bertz CT molecular complexity index is 1280. The van der Waals surface area contributed by atoms with Crippen molar-refractivity contribution >= 4 is 21.6 Å². The van der Waals surface area contributed by atoms with Gasteiger partial charge in [0.25, 0.3) is 15.9 Å². The highest BCUT2D eigenvalue weighted by atomic mass is 32.2. The maximum atomic E-state index is 13.0. The molecule has 0 aliphatic rings. The van der Waals surface area contributed by atoms with E-state index < -0.39 is 15.9 Å². The zero-order valence-electron chi connectivity index (χ0n) is 17.9. The van der Waals surface area contributed by atoms with Crippen LogP contribution in [0.4, 0.5) is 5.69 Å². The average Bonchev–Trinajstić information content (AvgIpc) is 2.79. The normalized spacial score (nSPS) is 10.8. The predicted molar refractivity (Wildman–Crippen MR) is 127 cm³/mol. The van der Waals surface area contributed by atoms with Gasteiger partial charge in [-0.3, -0.25) is 9.52 Å². The van der Waals surface area contributed by atoms with Crippen LogP contribution in [0.5, 0.6) is 5.75 Å². The maximum Gasteiger partial charge on any atom is 0.262 e. The molecule has 0 atom stereocenters. The summed E-state index contributed by atoms with van der Waals surface area (Å²) in [7, 11) is -2.30. The average molecular weight is 449 g/mol. The van der Waals surface area contributed by atoms with Crippen LogP contribution in [-0.4, -0.2) is 21.4 Å². The first-order chi connectivity index (χ1) is 15.2. The first-order valence-electron chi connectivity index (χ1n) is 9.75. The molecule has 1 amide bonds. The fraction of sp³-hybridized carbons (Fsp3) is 0.0800. The van der Waals surface area contributed by atoms with Crippen molar-refractivity contribution in [2.75, 3.05) is 12.4 Å². The van der Waals surface area contributed by atoms with E-state index in [0.29, 0.717) is 11.3 Å². The van der Waals surface area contributed by atoms with Gasteiger partial charge in [0, 0.05) is 22.5 Å². The topological polar surface area (TPSA) is 84.5 Å². The summed E-state index contributed by atoms with van der Waals surface area (Å²) in [4.78, 5) is 13.0. The minimum atomic E-state index is -3.90. The van der Waals surface area contributed by atoms with Gasteiger partial charge in [0.15, 0.2) is 0 Å². The van der Waals surface area contributed by atoms with Crippen LogP contribution in [0.25, 0.3) is 11.1 Å². The molecule has 6 nitrogen and oxygen atoms in total. The number of benzene rings is 3. The van der Waals surface area contributed by atoms with Crippen molar-refractivity contribution < 1.29 is 17.9 Å². The molecule has 0 bridgehead atoms. The second-order valence-corrected chi connectivity index (χ2v) is 8.69. The van der Waals surface area contributed by atoms with Gasteiger partial charge in [0.05, 0.1) is 12.0 Å². The lowest BCUT2D eigenvalue weighted by atomic mass is 10.0. The third-order valence-electron chi connectivity index (χ3n) is 4.83. The molecule has 0 heterocycles. The molecular formula is C25H24N2O4S. The van der Waals surface area contributed by atoms with Crippen molar-refractivity contribution in [3.05, 3.63) is 103 Å². The van der Waals surface area contributed by atoms with Crippen LogP contribution in [0.3, 0.4) is 0 Å². The molecule has 3 aromatic carbocycles. The van der Waals surface area contributed by atoms with E-state index in [1.165, 1.54) is 12.1 Å². The molecule has 32 heavy (non-hydrogen) atoms. The number of anilines is 1. The molecule has 2 N–H and O–H groups in total. The summed E-state index contributed by atoms with van der Waals surface area (Å²) in [5.41, 5.74) is 3.20. The van der Waals surface area contributed by atoms with Gasteiger partial charge >= 0.3 is 0 Å². The Morgan fingerprint density at radius 3 is 2.38 bits per heavy atom. The van der Waals surface area contributed by atoms with Gasteiger partial charge < -0.3 is 10.1 Å². The fourth-order valence-corrected chi connectivity index (χ4v) is 4.42. The van der Waals surface area contributed by atoms with Gasteiger partial charge in [-0.05, 0) is 54.5 Å². The van der Waals surface area contributed by atoms with Gasteiger partial charge in [-0.15, -0.1) is 0 Å². The van der Waals surface area contributed by atoms with Crippen molar-refractivity contribution in [1.82, 2.24) is 4.72 Å². The van der Waals surface area contributed by atoms with Crippen molar-refractivity contribution in [2.45, 2.75) is 11.8 Å². The third kappa shape index (κ3) is 5.07. The summed E-state index contributed by atoms with van der Waals surface area (Å²) in [6.45, 7) is 8.74. The number of carbonyl (C=O) groups excluding carboxylic acids is 1. The van der Waals surface area contributed by atoms with Crippen LogP contribution in [0.2, 0.25) is 0 Å². The highest BCUT2D eigenvalue weighted by Crippen LogP contribution is 2.30. The van der Waals surface area contributed by atoms with E-state index in [-0.39, 0.29) is 16.2 Å². The van der Waals surface area contributed by atoms with Crippen LogP contribution in [0.15, 0.2) is 96.6 Å². The Balaban J connectivity index is 1.92. The second-order valence-electron chi connectivity index (χ2n) is 7.04. The Morgan fingerprint density at radius 1 is 1.03 bits per heavy atom. The molecule has 0 aliphatic carbocycles. The number of ether oxygens (including phenoxy) is 1. The number of amides is 1. The third-order valence-corrected chi connectivity index (χ3v) is 6.38. The maximum absolute atomic E-state index is 13.0. The van der Waals surface area contributed by atoms with Crippen molar-refractivity contribution in [2.24, 2.45) is 0 Å². The molecule has 0 saturated heterocycles. The Morgan fingerprint density at radius 2 is 1.72 bits per heavy atom. The molecule has 164 valence electrons. The first kappa shape index (κ1) is 22.8. The summed E-state index contributed by atoms with van der Waals surface area (Å²) in [5, 5.41) is 2.88. The lowest BCUT2D eigenvalue weighted by Gasteiger charge is -2.14. The Hall–Kier alpha value is -3.84. The van der Waals surface area contributed by atoms with Crippen LogP contribution in [0, 0.1) is 6.92 Å². The summed E-state index contributed by atoms with van der Waals surface area (Å²) >= 11 is 0. The van der Waals surface area contributed by atoms with Gasteiger partial charge in [0.2, 0.25) is 0 Å². The van der Waals surface area contributed by atoms with Crippen molar-refractivity contribution in [3.8, 4) is 16.9 Å². The zero-order chi connectivity index (χ0) is 23.3. The molecule has 0 aromatic heterocycles. The van der Waals surface area contributed by atoms with Crippen molar-refractivity contribution in [3.63, 3.8) is 0 Å². The van der Waals surface area contributed by atoms with E-state index in [0.717, 1.165) is 16.9 Å². The molecule has 0 saturated carbocycles. The molecule has 3 aromatic rings. The number of methoxy groups -OCH3 is 1. The number of hydrogen-bond donors (Lipinski definition) is 2. The minimum absolute atomic E-state index is 0.00316. The predicted octanol–water partition coefficient (Wildman–Crippen LogP) is 4.90. The van der Waals surface area contributed by atoms with Crippen LogP contribution < -0.4 is 14.8 Å². The highest BCUT2D eigenvalue weighted by Gasteiger charge is 2.20. The smallest absolute Gasteiger partial charge is 0.262 e. The van der Waals surface area contributed by atoms with E-state index in [1.807, 2.05) is 42.5 Å². The lowest BCUT2D eigenvalue weighted by Crippen LogP contribution is -2.23. The first-order valence-corrected chi connectivity index (χ1v) is 11.2. The van der Waals surface area contributed by atoms with E-state index in [1.54, 1.807) is 32.2 Å². The summed E-state index contributed by atoms with van der Waals surface area (Å²) in [5.74, 6) is 0.307. The Kier molecular flexibility index (Phi) is 6.80. The second kappa shape index (κ2) is 9.53. The minimum Gasteiger partial charge on any atom is -0.497 e. The van der Waals surface area contributed by atoms with Gasteiger partial charge in [-0.25, -0.2) is 8.42 Å². The largest absolute Gasteiger partial charge is 0.497 e. The fourth-order valence-electron chi connectivity index (χ4n) is 3.11. The quantitative estimate of drug-likeness (QED) is 0.480. The van der Waals surface area contributed by atoms with Crippen molar-refractivity contribution in [1.29, 1.82) is 0 Å². The van der Waals surface area contributed by atoms with E-state index >= 15 is 0 Å². The monoisotopic (exact) mass is 448 g/mol. The number of hydrogen-bond acceptors (Lipinski definition) is 4. The van der Waals surface area contributed by atoms with Crippen LogP contribution >= 0.6 is 0 Å². The highest BCUT2D eigenvalue weighted by molar-refractivity contribution is 7.89. The summed E-state index contributed by atoms with van der Waals surface area (Å²) in [6.07, 6.45) is 1.31. The van der Waals surface area contributed by atoms with Gasteiger partial charge in [-0.2, -0.15) is 0 Å². The van der Waals surface area contributed by atoms with Crippen LogP contribution in [-0.2, 0) is 10.0 Å². The van der Waals surface area contributed by atoms with Gasteiger partial charge in [-0.1, -0.05) is 49.6 Å². The number of aryl methyl sites for hydroxylation is 1. The SMILES string of the molecule is C=CC(=C)NS(=O)(=O)c1cc(C(=O)Nc2ccccc2-c2ccc(OC)cc2)ccc1C. The van der Waals surface area contributed by atoms with Gasteiger partial charge in [0.1, 0.15) is 5.75 Å². The number of rotatable bonds is 8. The number of allylic oxidation sites excluding steroid dienone is 1. The molecule has 0 spiro atoms. The standard InChI is InChI=1S/C25H24N2O4S/c1-5-18(3)27-32(29,30)24-16-20(11-10-17(24)2)25(28)26-23-9-7-6-8-22(23)19-12-14-21(31-4)15-13-19/h5-16,27H,1,3H2,2,4H3,(H,26,28). The zero-order valence-corrected chi connectivity index (χ0v) is 18.7. The number of carbonyl (C=O) groups is 1.